The van der Waals surface area contributed by atoms with Crippen molar-refractivity contribution in [3.05, 3.63) is 175 Å². The third kappa shape index (κ3) is 5.31. The summed E-state index contributed by atoms with van der Waals surface area (Å²) in [5.41, 5.74) is 8.68. The van der Waals surface area contributed by atoms with Crippen LogP contribution < -0.4 is 0 Å². The van der Waals surface area contributed by atoms with E-state index in [4.69, 9.17) is 16.6 Å². The van der Waals surface area contributed by atoms with Crippen LogP contribution in [0.1, 0.15) is 0 Å². The Hall–Kier alpha value is -6.16. The molecule has 4 heteroatoms. The maximum atomic E-state index is 6.60. The van der Waals surface area contributed by atoms with Crippen molar-refractivity contribution in [2.75, 3.05) is 0 Å². The van der Waals surface area contributed by atoms with E-state index in [1.807, 2.05) is 24.3 Å². The van der Waals surface area contributed by atoms with Gasteiger partial charge in [-0.25, -0.2) is 4.98 Å². The Morgan fingerprint density at radius 1 is 0.306 bits per heavy atom. The summed E-state index contributed by atoms with van der Waals surface area (Å²) in [6, 6.07) is 59.6. The standard InChI is InChI=1S/C45H28ClN3/c46-45-48-43(47-44(49-45)42-22-9-15-32-27-31(24-25-37(32)42)29-11-2-1-3-12-29)34-16-8-14-33(28-34)36-18-6-7-19-38(36)40-21-10-20-39-35-17-5-4-13-30(35)23-26-41(39)40/h1-28H. The van der Waals surface area contributed by atoms with Crippen LogP contribution in [0.4, 0.5) is 0 Å². The minimum absolute atomic E-state index is 0.159. The number of halogens is 1. The Kier molecular flexibility index (Phi) is 7.18. The van der Waals surface area contributed by atoms with E-state index in [1.54, 1.807) is 0 Å². The average molecular weight is 646 g/mol. The maximum absolute atomic E-state index is 6.60. The molecule has 49 heavy (non-hydrogen) atoms. The molecule has 0 amide bonds. The Labute approximate surface area is 289 Å². The van der Waals surface area contributed by atoms with Crippen molar-refractivity contribution >= 4 is 43.9 Å². The molecule has 0 saturated carbocycles. The predicted molar refractivity (Wildman–Crippen MR) is 205 cm³/mol. The van der Waals surface area contributed by atoms with Crippen molar-refractivity contribution in [3.63, 3.8) is 0 Å². The smallest absolute Gasteiger partial charge is 0.208 e. The molecular weight excluding hydrogens is 618 g/mol. The first-order chi connectivity index (χ1) is 24.2. The first-order valence-corrected chi connectivity index (χ1v) is 16.7. The van der Waals surface area contributed by atoms with Gasteiger partial charge in [0.1, 0.15) is 0 Å². The summed E-state index contributed by atoms with van der Waals surface area (Å²) in [4.78, 5) is 14.2. The highest BCUT2D eigenvalue weighted by Crippen LogP contribution is 2.39. The molecule has 0 N–H and O–H groups in total. The van der Waals surface area contributed by atoms with Gasteiger partial charge in [0, 0.05) is 11.1 Å². The van der Waals surface area contributed by atoms with Gasteiger partial charge in [0.25, 0.3) is 0 Å². The Balaban J connectivity index is 1.13. The quantitative estimate of drug-likeness (QED) is 0.175. The van der Waals surface area contributed by atoms with Gasteiger partial charge in [0.05, 0.1) is 0 Å². The van der Waals surface area contributed by atoms with Crippen molar-refractivity contribution in [3.8, 4) is 56.2 Å². The molecule has 0 atom stereocenters. The Morgan fingerprint density at radius 3 is 1.86 bits per heavy atom. The zero-order valence-corrected chi connectivity index (χ0v) is 27.1. The topological polar surface area (TPSA) is 38.7 Å². The highest BCUT2D eigenvalue weighted by Gasteiger charge is 2.15. The number of rotatable bonds is 5. The van der Waals surface area contributed by atoms with Gasteiger partial charge in [0.2, 0.25) is 5.28 Å². The van der Waals surface area contributed by atoms with Gasteiger partial charge in [-0.1, -0.05) is 158 Å². The van der Waals surface area contributed by atoms with Gasteiger partial charge in [0.15, 0.2) is 11.6 Å². The second-order valence-electron chi connectivity index (χ2n) is 12.2. The SMILES string of the molecule is Clc1nc(-c2cccc(-c3ccccc3-c3cccc4c3ccc3ccccc34)c2)nc(-c2cccc3cc(-c4ccccc4)ccc23)n1. The number of hydrogen-bond donors (Lipinski definition) is 0. The summed E-state index contributed by atoms with van der Waals surface area (Å²) >= 11 is 6.60. The molecule has 0 fully saturated rings. The van der Waals surface area contributed by atoms with E-state index in [0.717, 1.165) is 38.6 Å². The number of aromatic nitrogens is 3. The summed E-state index contributed by atoms with van der Waals surface area (Å²) < 4.78 is 0. The minimum atomic E-state index is 0.159. The normalized spacial score (nSPS) is 11.4. The molecule has 0 unspecified atom stereocenters. The van der Waals surface area contributed by atoms with Crippen LogP contribution >= 0.6 is 11.6 Å². The molecule has 3 nitrogen and oxygen atoms in total. The van der Waals surface area contributed by atoms with Gasteiger partial charge in [-0.15, -0.1) is 0 Å². The monoisotopic (exact) mass is 645 g/mol. The molecule has 0 radical (unpaired) electrons. The van der Waals surface area contributed by atoms with E-state index in [9.17, 15) is 0 Å². The van der Waals surface area contributed by atoms with E-state index >= 15 is 0 Å². The first kappa shape index (κ1) is 29.0. The van der Waals surface area contributed by atoms with Gasteiger partial charge in [-0.3, -0.25) is 0 Å². The van der Waals surface area contributed by atoms with Crippen LogP contribution in [-0.2, 0) is 0 Å². The van der Waals surface area contributed by atoms with E-state index in [1.165, 1.54) is 38.2 Å². The highest BCUT2D eigenvalue weighted by molar-refractivity contribution is 6.28. The molecule has 1 heterocycles. The molecule has 8 aromatic carbocycles. The van der Waals surface area contributed by atoms with Gasteiger partial charge >= 0.3 is 0 Å². The lowest BCUT2D eigenvalue weighted by molar-refractivity contribution is 1.07. The summed E-state index contributed by atoms with van der Waals surface area (Å²) in [5, 5.41) is 7.29. The molecule has 0 bridgehead atoms. The molecule has 9 aromatic rings. The summed E-state index contributed by atoms with van der Waals surface area (Å²) in [6.07, 6.45) is 0. The summed E-state index contributed by atoms with van der Waals surface area (Å²) in [7, 11) is 0. The first-order valence-electron chi connectivity index (χ1n) is 16.3. The number of nitrogens with zero attached hydrogens (tertiary/aromatic N) is 3. The summed E-state index contributed by atoms with van der Waals surface area (Å²) in [6.45, 7) is 0. The highest BCUT2D eigenvalue weighted by atomic mass is 35.5. The maximum Gasteiger partial charge on any atom is 0.226 e. The molecule has 0 aliphatic rings. The van der Waals surface area contributed by atoms with Crippen molar-refractivity contribution in [2.45, 2.75) is 0 Å². The number of hydrogen-bond acceptors (Lipinski definition) is 3. The fourth-order valence-corrected chi connectivity index (χ4v) is 7.12. The average Bonchev–Trinajstić information content (AvgIpc) is 3.17. The van der Waals surface area contributed by atoms with E-state index in [-0.39, 0.29) is 5.28 Å². The molecular formula is C45H28ClN3. The second-order valence-corrected chi connectivity index (χ2v) is 12.5. The zero-order valence-electron chi connectivity index (χ0n) is 26.4. The lowest BCUT2D eigenvalue weighted by Gasteiger charge is -2.15. The van der Waals surface area contributed by atoms with Crippen LogP contribution in [0.25, 0.3) is 88.5 Å². The van der Waals surface area contributed by atoms with Gasteiger partial charge in [-0.05, 0) is 89.4 Å². The lowest BCUT2D eigenvalue weighted by Crippen LogP contribution is -1.98. The lowest BCUT2D eigenvalue weighted by atomic mass is 9.89. The predicted octanol–water partition coefficient (Wildman–Crippen LogP) is 12.3. The summed E-state index contributed by atoms with van der Waals surface area (Å²) in [5.74, 6) is 1.07. The molecule has 0 spiro atoms. The third-order valence-electron chi connectivity index (χ3n) is 9.27. The number of fused-ring (bicyclic) bond motifs is 4. The van der Waals surface area contributed by atoms with E-state index in [2.05, 4.69) is 156 Å². The van der Waals surface area contributed by atoms with Crippen molar-refractivity contribution in [1.82, 2.24) is 15.0 Å². The third-order valence-corrected chi connectivity index (χ3v) is 9.44. The van der Waals surface area contributed by atoms with Crippen LogP contribution in [0, 0.1) is 0 Å². The minimum Gasteiger partial charge on any atom is -0.208 e. The van der Waals surface area contributed by atoms with Crippen molar-refractivity contribution < 1.29 is 0 Å². The molecule has 230 valence electrons. The van der Waals surface area contributed by atoms with E-state index in [0.29, 0.717) is 11.6 Å². The van der Waals surface area contributed by atoms with Crippen molar-refractivity contribution in [1.29, 1.82) is 0 Å². The molecule has 9 rings (SSSR count). The Morgan fingerprint density at radius 2 is 0.939 bits per heavy atom. The molecule has 0 aliphatic heterocycles. The van der Waals surface area contributed by atoms with Crippen LogP contribution in [-0.4, -0.2) is 15.0 Å². The van der Waals surface area contributed by atoms with Crippen LogP contribution in [0.3, 0.4) is 0 Å². The van der Waals surface area contributed by atoms with Gasteiger partial charge < -0.3 is 0 Å². The Bertz CT molecular complexity index is 2680. The molecule has 0 aliphatic carbocycles. The van der Waals surface area contributed by atoms with Crippen LogP contribution in [0.15, 0.2) is 170 Å². The zero-order chi connectivity index (χ0) is 32.7. The van der Waals surface area contributed by atoms with Crippen molar-refractivity contribution in [2.24, 2.45) is 0 Å². The molecule has 0 saturated heterocycles. The van der Waals surface area contributed by atoms with Crippen LogP contribution in [0.2, 0.25) is 5.28 Å². The molecule has 1 aromatic heterocycles. The second kappa shape index (κ2) is 12.1. The van der Waals surface area contributed by atoms with E-state index < -0.39 is 0 Å². The van der Waals surface area contributed by atoms with Crippen LogP contribution in [0.5, 0.6) is 0 Å². The fraction of sp³-hybridized carbons (Fsp3) is 0. The number of benzene rings is 8. The van der Waals surface area contributed by atoms with Gasteiger partial charge in [-0.2, -0.15) is 9.97 Å². The largest absolute Gasteiger partial charge is 0.226 e. The fourth-order valence-electron chi connectivity index (χ4n) is 6.96.